The highest BCUT2D eigenvalue weighted by atomic mass is 16.2. The number of carbonyl (C=O) groups excluding carboxylic acids is 2. The maximum atomic E-state index is 10.9. The van der Waals surface area contributed by atoms with Crippen LogP contribution in [0.3, 0.4) is 0 Å². The molecule has 1 saturated heterocycles. The lowest BCUT2D eigenvalue weighted by molar-refractivity contribution is -0.136. The number of nitrogens with one attached hydrogen (secondary N) is 1. The van der Waals surface area contributed by atoms with E-state index in [4.69, 9.17) is 10.5 Å². The average Bonchev–Trinajstić information content (AvgIpc) is 2.03. The first kappa shape index (κ1) is 8.22. The molecule has 1 aliphatic heterocycles. The van der Waals surface area contributed by atoms with Crippen LogP contribution in [-0.4, -0.2) is 11.8 Å². The number of piperidine rings is 1. The van der Waals surface area contributed by atoms with Crippen molar-refractivity contribution in [1.29, 1.82) is 10.5 Å². The van der Waals surface area contributed by atoms with Gasteiger partial charge in [-0.3, -0.25) is 14.9 Å². The van der Waals surface area contributed by atoms with Crippen LogP contribution in [0, 0.1) is 34.5 Å². The fourth-order valence-electron chi connectivity index (χ4n) is 1.04. The van der Waals surface area contributed by atoms with Crippen LogP contribution in [-0.2, 0) is 9.59 Å². The predicted octanol–water partition coefficient (Wildman–Crippen LogP) is -0.688. The maximum absolute atomic E-state index is 10.9. The fourth-order valence-corrected chi connectivity index (χ4v) is 1.04. The molecule has 2 amide bonds. The zero-order chi connectivity index (χ0) is 9.14. The van der Waals surface area contributed by atoms with Gasteiger partial charge in [-0.05, 0) is 0 Å². The summed E-state index contributed by atoms with van der Waals surface area (Å²) in [5, 5.41) is 19.0. The maximum Gasteiger partial charge on any atom is 0.245 e. The summed E-state index contributed by atoms with van der Waals surface area (Å²) in [6, 6.07) is 3.45. The molecule has 0 aromatic heterocycles. The Morgan fingerprint density at radius 1 is 1.33 bits per heavy atom. The predicted molar refractivity (Wildman–Crippen MR) is 36.0 cm³/mol. The van der Waals surface area contributed by atoms with Crippen LogP contribution in [0.2, 0.25) is 0 Å². The van der Waals surface area contributed by atoms with E-state index in [0.717, 1.165) is 0 Å². The van der Waals surface area contributed by atoms with E-state index in [2.05, 4.69) is 0 Å². The number of imide groups is 1. The van der Waals surface area contributed by atoms with Crippen LogP contribution in [0.15, 0.2) is 0 Å². The summed E-state index contributed by atoms with van der Waals surface area (Å²) in [6.45, 7) is 0. The highest BCUT2D eigenvalue weighted by molar-refractivity contribution is 6.00. The van der Waals surface area contributed by atoms with E-state index >= 15 is 0 Å². The van der Waals surface area contributed by atoms with E-state index in [1.165, 1.54) is 0 Å². The van der Waals surface area contributed by atoms with Gasteiger partial charge < -0.3 is 0 Å². The summed E-state index contributed by atoms with van der Waals surface area (Å²) in [6.07, 6.45) is -0.0690. The lowest BCUT2D eigenvalue weighted by atomic mass is 9.88. The average molecular weight is 163 g/mol. The third-order valence-electron chi connectivity index (χ3n) is 1.66. The second-order valence-corrected chi connectivity index (χ2v) is 2.46. The van der Waals surface area contributed by atoms with Gasteiger partial charge in [0.05, 0.1) is 18.1 Å². The molecule has 1 aliphatic rings. The second-order valence-electron chi connectivity index (χ2n) is 2.46. The lowest BCUT2D eigenvalue weighted by Gasteiger charge is -2.19. The molecule has 0 saturated carbocycles. The first-order chi connectivity index (χ1) is 5.69. The molecule has 0 spiro atoms. The molecule has 2 unspecified atom stereocenters. The van der Waals surface area contributed by atoms with E-state index in [1.54, 1.807) is 12.1 Å². The minimum Gasteiger partial charge on any atom is -0.295 e. The Kier molecular flexibility index (Phi) is 2.07. The molecule has 1 fully saturated rings. The molecule has 0 aromatic carbocycles. The number of hydrogen-bond acceptors (Lipinski definition) is 4. The van der Waals surface area contributed by atoms with Crippen molar-refractivity contribution in [2.24, 2.45) is 11.8 Å². The fraction of sp³-hybridized carbons (Fsp3) is 0.429. The Bertz CT molecular complexity index is 310. The largest absolute Gasteiger partial charge is 0.295 e. The van der Waals surface area contributed by atoms with Gasteiger partial charge in [0, 0.05) is 6.42 Å². The molecule has 1 heterocycles. The molecule has 0 aromatic rings. The first-order valence-electron chi connectivity index (χ1n) is 3.32. The second kappa shape index (κ2) is 3.02. The molecule has 2 atom stereocenters. The van der Waals surface area contributed by atoms with E-state index in [1.807, 2.05) is 5.32 Å². The van der Waals surface area contributed by atoms with Gasteiger partial charge in [0.25, 0.3) is 0 Å². The molecule has 0 aliphatic carbocycles. The van der Waals surface area contributed by atoms with Crippen LogP contribution in [0.5, 0.6) is 0 Å². The zero-order valence-corrected chi connectivity index (χ0v) is 6.07. The van der Waals surface area contributed by atoms with Crippen LogP contribution in [0.25, 0.3) is 0 Å². The highest BCUT2D eigenvalue weighted by Gasteiger charge is 2.35. The van der Waals surface area contributed by atoms with Gasteiger partial charge in [-0.1, -0.05) is 0 Å². The van der Waals surface area contributed by atoms with Gasteiger partial charge in [-0.25, -0.2) is 0 Å². The van der Waals surface area contributed by atoms with Gasteiger partial charge in [-0.15, -0.1) is 0 Å². The van der Waals surface area contributed by atoms with Crippen molar-refractivity contribution in [1.82, 2.24) is 5.32 Å². The van der Waals surface area contributed by atoms with Crippen molar-refractivity contribution in [3.05, 3.63) is 0 Å². The molecule has 5 heteroatoms. The summed E-state index contributed by atoms with van der Waals surface area (Å²) >= 11 is 0. The molecule has 0 bridgehead atoms. The van der Waals surface area contributed by atoms with Crippen LogP contribution in [0.1, 0.15) is 6.42 Å². The van der Waals surface area contributed by atoms with Crippen LogP contribution >= 0.6 is 0 Å². The van der Waals surface area contributed by atoms with Gasteiger partial charge in [-0.2, -0.15) is 10.5 Å². The number of nitriles is 2. The number of carbonyl (C=O) groups is 2. The van der Waals surface area contributed by atoms with E-state index < -0.39 is 23.7 Å². The quantitative estimate of drug-likeness (QED) is 0.478. The standard InChI is InChI=1S/C7H5N3O2/c8-2-4-1-6(11)10-7(12)5(4)3-9/h4-5H,1H2,(H,10,11,12). The van der Waals surface area contributed by atoms with Crippen molar-refractivity contribution in [3.8, 4) is 12.1 Å². The summed E-state index contributed by atoms with van der Waals surface area (Å²) in [5.74, 6) is -2.96. The first-order valence-corrected chi connectivity index (χ1v) is 3.32. The highest BCUT2D eigenvalue weighted by Crippen LogP contribution is 2.18. The Morgan fingerprint density at radius 2 is 2.00 bits per heavy atom. The van der Waals surface area contributed by atoms with E-state index in [9.17, 15) is 9.59 Å². The lowest BCUT2D eigenvalue weighted by Crippen LogP contribution is -2.44. The Morgan fingerprint density at radius 3 is 2.50 bits per heavy atom. The third kappa shape index (κ3) is 1.25. The molecule has 1 rings (SSSR count). The normalized spacial score (nSPS) is 28.5. The molecule has 0 radical (unpaired) electrons. The van der Waals surface area contributed by atoms with E-state index in [0.29, 0.717) is 0 Å². The van der Waals surface area contributed by atoms with Gasteiger partial charge in [0.2, 0.25) is 11.8 Å². The monoisotopic (exact) mass is 163 g/mol. The van der Waals surface area contributed by atoms with E-state index in [-0.39, 0.29) is 6.42 Å². The minimum atomic E-state index is -1.01. The molecule has 60 valence electrons. The van der Waals surface area contributed by atoms with Crippen LogP contribution in [0.4, 0.5) is 0 Å². The van der Waals surface area contributed by atoms with Crippen molar-refractivity contribution in [2.45, 2.75) is 6.42 Å². The van der Waals surface area contributed by atoms with Crippen molar-refractivity contribution in [3.63, 3.8) is 0 Å². The molecular formula is C7H5N3O2. The number of nitrogens with zero attached hydrogens (tertiary/aromatic N) is 2. The van der Waals surface area contributed by atoms with Gasteiger partial charge in [0.1, 0.15) is 5.92 Å². The summed E-state index contributed by atoms with van der Waals surface area (Å²) in [5.41, 5.74) is 0. The topological polar surface area (TPSA) is 93.8 Å². The van der Waals surface area contributed by atoms with Gasteiger partial charge >= 0.3 is 0 Å². The molecule has 1 N–H and O–H groups in total. The third-order valence-corrected chi connectivity index (χ3v) is 1.66. The number of hydrogen-bond donors (Lipinski definition) is 1. The Hall–Kier alpha value is -1.88. The SMILES string of the molecule is N#CC1CC(=O)NC(=O)C1C#N. The molecule has 12 heavy (non-hydrogen) atoms. The molecular weight excluding hydrogens is 158 g/mol. The summed E-state index contributed by atoms with van der Waals surface area (Å²) < 4.78 is 0. The van der Waals surface area contributed by atoms with Crippen molar-refractivity contribution < 1.29 is 9.59 Å². The summed E-state index contributed by atoms with van der Waals surface area (Å²) in [4.78, 5) is 21.6. The number of rotatable bonds is 0. The molecule has 5 nitrogen and oxygen atoms in total. The van der Waals surface area contributed by atoms with Gasteiger partial charge in [0.15, 0.2) is 0 Å². The minimum absolute atomic E-state index is 0.0690. The smallest absolute Gasteiger partial charge is 0.245 e. The van der Waals surface area contributed by atoms with Crippen LogP contribution < -0.4 is 5.32 Å². The zero-order valence-electron chi connectivity index (χ0n) is 6.07. The number of amides is 2. The Labute approximate surface area is 68.6 Å². The summed E-state index contributed by atoms with van der Waals surface area (Å²) in [7, 11) is 0. The van der Waals surface area contributed by atoms with Crippen molar-refractivity contribution >= 4 is 11.8 Å². The Balaban J connectivity index is 2.87. The van der Waals surface area contributed by atoms with Crippen molar-refractivity contribution in [2.75, 3.05) is 0 Å².